The Morgan fingerprint density at radius 3 is 2.78 bits per heavy atom. The molecule has 0 fully saturated rings. The number of carbonyl (C=O) groups excluding carboxylic acids is 2. The Hall–Kier alpha value is -3.03. The second-order valence-corrected chi connectivity index (χ2v) is 6.20. The van der Waals surface area contributed by atoms with E-state index >= 15 is 0 Å². The van der Waals surface area contributed by atoms with Gasteiger partial charge in [-0.2, -0.15) is 5.10 Å². The van der Waals surface area contributed by atoms with Gasteiger partial charge in [-0.3, -0.25) is 9.59 Å². The van der Waals surface area contributed by atoms with Crippen LogP contribution in [0.4, 0.5) is 5.82 Å². The number of carbonyl (C=O) groups is 2. The molecule has 1 aromatic heterocycles. The second kappa shape index (κ2) is 7.69. The molecule has 1 N–H and O–H groups in total. The van der Waals surface area contributed by atoms with E-state index < -0.39 is 5.97 Å². The SMILES string of the molecule is CCOC(=O)Cn1nc(C)c2c1NC(=O)C[C@H]2c1cccc(OC)c1OC. The number of benzene rings is 1. The van der Waals surface area contributed by atoms with Gasteiger partial charge in [-0.25, -0.2) is 4.68 Å². The predicted octanol–water partition coefficient (Wildman–Crippen LogP) is 2.25. The molecule has 0 spiro atoms. The van der Waals surface area contributed by atoms with Crippen LogP contribution in [0.5, 0.6) is 11.5 Å². The maximum Gasteiger partial charge on any atom is 0.327 e. The van der Waals surface area contributed by atoms with Crippen LogP contribution < -0.4 is 14.8 Å². The number of anilines is 1. The predicted molar refractivity (Wildman–Crippen MR) is 98.2 cm³/mol. The molecule has 0 saturated heterocycles. The number of hydrogen-bond acceptors (Lipinski definition) is 6. The van der Waals surface area contributed by atoms with Gasteiger partial charge in [0.05, 0.1) is 26.5 Å². The summed E-state index contributed by atoms with van der Waals surface area (Å²) in [7, 11) is 3.14. The number of ether oxygens (including phenoxy) is 3. The fraction of sp³-hybridized carbons (Fsp3) is 0.421. The van der Waals surface area contributed by atoms with Crippen LogP contribution in [0.25, 0.3) is 0 Å². The minimum absolute atomic E-state index is 0.0632. The van der Waals surface area contributed by atoms with Crippen molar-refractivity contribution < 1.29 is 23.8 Å². The van der Waals surface area contributed by atoms with Crippen LogP contribution in [0, 0.1) is 6.92 Å². The molecule has 2 aromatic rings. The molecule has 1 aliphatic heterocycles. The number of para-hydroxylation sites is 1. The van der Waals surface area contributed by atoms with Gasteiger partial charge in [0.15, 0.2) is 11.5 Å². The molecule has 8 heteroatoms. The average molecular weight is 373 g/mol. The zero-order valence-corrected chi connectivity index (χ0v) is 15.9. The summed E-state index contributed by atoms with van der Waals surface area (Å²) in [6.07, 6.45) is 0.252. The molecule has 2 heterocycles. The first kappa shape index (κ1) is 18.8. The molecule has 0 saturated carbocycles. The normalized spacial score (nSPS) is 15.7. The Labute approximate surface area is 157 Å². The Morgan fingerprint density at radius 1 is 1.33 bits per heavy atom. The molecule has 1 aromatic carbocycles. The Morgan fingerprint density at radius 2 is 2.11 bits per heavy atom. The van der Waals surface area contributed by atoms with Crippen LogP contribution in [-0.4, -0.2) is 42.5 Å². The zero-order valence-electron chi connectivity index (χ0n) is 15.9. The highest BCUT2D eigenvalue weighted by atomic mass is 16.5. The van der Waals surface area contributed by atoms with Crippen molar-refractivity contribution >= 4 is 17.7 Å². The second-order valence-electron chi connectivity index (χ2n) is 6.20. The summed E-state index contributed by atoms with van der Waals surface area (Å²) in [4.78, 5) is 24.3. The third-order valence-corrected chi connectivity index (χ3v) is 4.56. The van der Waals surface area contributed by atoms with Gasteiger partial charge in [0.1, 0.15) is 12.4 Å². The summed E-state index contributed by atoms with van der Waals surface area (Å²) >= 11 is 0. The number of nitrogens with one attached hydrogen (secondary N) is 1. The lowest BCUT2D eigenvalue weighted by atomic mass is 9.85. The Bertz CT molecular complexity index is 874. The van der Waals surface area contributed by atoms with E-state index in [1.165, 1.54) is 4.68 Å². The molecule has 0 radical (unpaired) electrons. The number of aromatic nitrogens is 2. The number of aryl methyl sites for hydroxylation is 1. The molecule has 1 amide bonds. The lowest BCUT2D eigenvalue weighted by molar-refractivity contribution is -0.144. The van der Waals surface area contributed by atoms with Gasteiger partial charge < -0.3 is 19.5 Å². The number of methoxy groups -OCH3 is 2. The molecule has 8 nitrogen and oxygen atoms in total. The minimum Gasteiger partial charge on any atom is -0.493 e. The lowest BCUT2D eigenvalue weighted by Crippen LogP contribution is -2.26. The number of esters is 1. The fourth-order valence-electron chi connectivity index (χ4n) is 3.51. The van der Waals surface area contributed by atoms with Crippen LogP contribution in [0.15, 0.2) is 18.2 Å². The van der Waals surface area contributed by atoms with Gasteiger partial charge in [0.25, 0.3) is 0 Å². The van der Waals surface area contributed by atoms with E-state index in [1.54, 1.807) is 21.1 Å². The number of hydrogen-bond donors (Lipinski definition) is 1. The first-order valence-corrected chi connectivity index (χ1v) is 8.73. The van der Waals surface area contributed by atoms with Gasteiger partial charge >= 0.3 is 5.97 Å². The molecule has 27 heavy (non-hydrogen) atoms. The van der Waals surface area contributed by atoms with Crippen molar-refractivity contribution in [2.45, 2.75) is 32.7 Å². The molecule has 1 atom stereocenters. The first-order valence-electron chi connectivity index (χ1n) is 8.73. The third kappa shape index (κ3) is 3.47. The largest absolute Gasteiger partial charge is 0.493 e. The van der Waals surface area contributed by atoms with Gasteiger partial charge in [-0.1, -0.05) is 12.1 Å². The van der Waals surface area contributed by atoms with Crippen molar-refractivity contribution in [3.8, 4) is 11.5 Å². The molecule has 1 aliphatic rings. The van der Waals surface area contributed by atoms with Crippen molar-refractivity contribution in [2.75, 3.05) is 26.1 Å². The van der Waals surface area contributed by atoms with Crippen LogP contribution in [0.3, 0.4) is 0 Å². The molecule has 3 rings (SSSR count). The topological polar surface area (TPSA) is 91.7 Å². The van der Waals surface area contributed by atoms with Crippen molar-refractivity contribution in [1.82, 2.24) is 9.78 Å². The highest BCUT2D eigenvalue weighted by Gasteiger charge is 2.34. The van der Waals surface area contributed by atoms with E-state index in [9.17, 15) is 9.59 Å². The number of nitrogens with zero attached hydrogens (tertiary/aromatic N) is 2. The van der Waals surface area contributed by atoms with E-state index in [-0.39, 0.29) is 31.4 Å². The molecule has 144 valence electrons. The van der Waals surface area contributed by atoms with Gasteiger partial charge in [-0.15, -0.1) is 0 Å². The molecule has 0 bridgehead atoms. The number of amides is 1. The summed E-state index contributed by atoms with van der Waals surface area (Å²) in [6, 6.07) is 5.58. The van der Waals surface area contributed by atoms with Crippen molar-refractivity contribution in [3.63, 3.8) is 0 Å². The Kier molecular flexibility index (Phi) is 5.34. The highest BCUT2D eigenvalue weighted by Crippen LogP contribution is 2.45. The molecule has 0 unspecified atom stereocenters. The van der Waals surface area contributed by atoms with Crippen molar-refractivity contribution in [2.24, 2.45) is 0 Å². The molecular weight excluding hydrogens is 350 g/mol. The first-order chi connectivity index (χ1) is 13.0. The maximum atomic E-state index is 12.4. The maximum absolute atomic E-state index is 12.4. The smallest absolute Gasteiger partial charge is 0.327 e. The number of fused-ring (bicyclic) bond motifs is 1. The third-order valence-electron chi connectivity index (χ3n) is 4.56. The monoisotopic (exact) mass is 373 g/mol. The van der Waals surface area contributed by atoms with Gasteiger partial charge in [0.2, 0.25) is 5.91 Å². The lowest BCUT2D eigenvalue weighted by Gasteiger charge is -2.26. The molecular formula is C19H23N3O5. The number of rotatable bonds is 6. The van der Waals surface area contributed by atoms with Crippen molar-refractivity contribution in [1.29, 1.82) is 0 Å². The Balaban J connectivity index is 2.09. The van der Waals surface area contributed by atoms with Crippen LogP contribution in [0.2, 0.25) is 0 Å². The van der Waals surface area contributed by atoms with Gasteiger partial charge in [0, 0.05) is 23.5 Å². The quantitative estimate of drug-likeness (QED) is 0.781. The van der Waals surface area contributed by atoms with E-state index in [4.69, 9.17) is 14.2 Å². The van der Waals surface area contributed by atoms with Crippen LogP contribution >= 0.6 is 0 Å². The standard InChI is InChI=1S/C19H23N3O5/c1-5-27-16(24)10-22-19-17(11(2)21-22)13(9-15(23)20-19)12-7-6-8-14(25-3)18(12)26-4/h6-8,13H,5,9-10H2,1-4H3,(H,20,23)/t13-/m0/s1. The zero-order chi connectivity index (χ0) is 19.6. The summed E-state index contributed by atoms with van der Waals surface area (Å²) in [6.45, 7) is 3.83. The van der Waals surface area contributed by atoms with Crippen LogP contribution in [-0.2, 0) is 20.9 Å². The summed E-state index contributed by atoms with van der Waals surface area (Å²) in [5.41, 5.74) is 2.45. The van der Waals surface area contributed by atoms with Gasteiger partial charge in [-0.05, 0) is 19.9 Å². The van der Waals surface area contributed by atoms with Crippen LogP contribution in [0.1, 0.15) is 36.1 Å². The highest BCUT2D eigenvalue weighted by molar-refractivity contribution is 5.95. The van der Waals surface area contributed by atoms with E-state index in [2.05, 4.69) is 10.4 Å². The molecule has 0 aliphatic carbocycles. The summed E-state index contributed by atoms with van der Waals surface area (Å²) < 4.78 is 17.4. The summed E-state index contributed by atoms with van der Waals surface area (Å²) in [5.74, 6) is 0.893. The van der Waals surface area contributed by atoms with Crippen molar-refractivity contribution in [3.05, 3.63) is 35.0 Å². The van der Waals surface area contributed by atoms with E-state index in [0.29, 0.717) is 17.3 Å². The minimum atomic E-state index is -0.405. The average Bonchev–Trinajstić information content (AvgIpc) is 2.95. The fourth-order valence-corrected chi connectivity index (χ4v) is 3.51. The van der Waals surface area contributed by atoms with E-state index in [0.717, 1.165) is 16.8 Å². The summed E-state index contributed by atoms with van der Waals surface area (Å²) in [5, 5.41) is 7.30. The van der Waals surface area contributed by atoms with E-state index in [1.807, 2.05) is 25.1 Å².